The molecule has 4 atom stereocenters. The van der Waals surface area contributed by atoms with E-state index in [0.717, 1.165) is 5.56 Å². The molecule has 11 N–H and O–H groups in total. The lowest BCUT2D eigenvalue weighted by atomic mass is 10.1. The second-order valence-corrected chi connectivity index (χ2v) is 9.67. The molecule has 238 valence electrons. The molecular weight excluding hydrogens is 564 g/mol. The number of carbonyl (C=O) groups excluding carboxylic acids is 7. The average Bonchev–Trinajstić information content (AvgIpc) is 2.98. The second-order valence-electron chi connectivity index (χ2n) is 9.67. The Bertz CT molecular complexity index is 1090. The molecule has 0 heterocycles. The molecule has 1 rings (SSSR count). The molecular formula is C27H42N8O8. The lowest BCUT2D eigenvalue weighted by molar-refractivity contribution is -0.133. The fraction of sp³-hybridized carbons (Fsp3) is 0.519. The second kappa shape index (κ2) is 20.5. The number of nitrogens with one attached hydrogen (secondary N) is 6. The number of benzene rings is 1. The average molecular weight is 607 g/mol. The molecule has 0 aliphatic heterocycles. The Morgan fingerprint density at radius 2 is 1.33 bits per heavy atom. The molecule has 0 saturated carbocycles. The van der Waals surface area contributed by atoms with Crippen LogP contribution in [0.15, 0.2) is 30.3 Å². The number of rotatable bonds is 20. The number of amides is 6. The zero-order chi connectivity index (χ0) is 32.2. The van der Waals surface area contributed by atoms with Crippen LogP contribution in [0.2, 0.25) is 0 Å². The summed E-state index contributed by atoms with van der Waals surface area (Å²) < 4.78 is 0. The van der Waals surface area contributed by atoms with Gasteiger partial charge in [0, 0.05) is 0 Å². The normalized spacial score (nSPS) is 13.3. The Labute approximate surface area is 249 Å². The number of nitrogens with two attached hydrogens (primary N) is 2. The van der Waals surface area contributed by atoms with Gasteiger partial charge in [-0.15, -0.1) is 0 Å². The third kappa shape index (κ3) is 16.0. The van der Waals surface area contributed by atoms with Crippen molar-refractivity contribution < 1.29 is 38.7 Å². The molecule has 0 radical (unpaired) electrons. The van der Waals surface area contributed by atoms with Gasteiger partial charge in [-0.1, -0.05) is 30.3 Å². The van der Waals surface area contributed by atoms with E-state index in [-0.39, 0.29) is 6.42 Å². The first-order chi connectivity index (χ1) is 20.5. The summed E-state index contributed by atoms with van der Waals surface area (Å²) in [5.41, 5.74) is 12.1. The molecule has 16 heteroatoms. The first-order valence-electron chi connectivity index (χ1n) is 13.8. The number of hydrogen-bond donors (Lipinski definition) is 9. The van der Waals surface area contributed by atoms with Crippen LogP contribution in [0.5, 0.6) is 0 Å². The van der Waals surface area contributed by atoms with Crippen molar-refractivity contribution >= 4 is 41.7 Å². The van der Waals surface area contributed by atoms with Gasteiger partial charge in [-0.05, 0) is 44.7 Å². The van der Waals surface area contributed by atoms with Gasteiger partial charge in [0.15, 0.2) is 0 Å². The molecule has 43 heavy (non-hydrogen) atoms. The van der Waals surface area contributed by atoms with Crippen molar-refractivity contribution in [2.45, 2.75) is 56.8 Å². The summed E-state index contributed by atoms with van der Waals surface area (Å²) in [6.07, 6.45) is 1.28. The third-order valence-corrected chi connectivity index (χ3v) is 5.94. The third-order valence-electron chi connectivity index (χ3n) is 5.94. The number of hydrogen-bond acceptors (Lipinski definition) is 10. The van der Waals surface area contributed by atoms with E-state index in [0.29, 0.717) is 32.1 Å². The van der Waals surface area contributed by atoms with E-state index in [4.69, 9.17) is 11.5 Å². The highest BCUT2D eigenvalue weighted by molar-refractivity contribution is 5.94. The van der Waals surface area contributed by atoms with Crippen molar-refractivity contribution in [3.8, 4) is 0 Å². The first-order valence-corrected chi connectivity index (χ1v) is 13.8. The Balaban J connectivity index is 2.37. The highest BCUT2D eigenvalue weighted by Crippen LogP contribution is 2.02. The van der Waals surface area contributed by atoms with Crippen LogP contribution in [0.3, 0.4) is 0 Å². The molecule has 16 nitrogen and oxygen atoms in total. The fourth-order valence-electron chi connectivity index (χ4n) is 3.59. The number of aldehydes is 1. The maximum Gasteiger partial charge on any atom is 0.245 e. The Morgan fingerprint density at radius 3 is 1.91 bits per heavy atom. The van der Waals surface area contributed by atoms with Crippen LogP contribution in [-0.4, -0.2) is 104 Å². The van der Waals surface area contributed by atoms with Crippen molar-refractivity contribution in [3.05, 3.63) is 35.9 Å². The van der Waals surface area contributed by atoms with Gasteiger partial charge in [0.25, 0.3) is 0 Å². The summed E-state index contributed by atoms with van der Waals surface area (Å²) in [5, 5.41) is 23.8. The largest absolute Gasteiger partial charge is 0.391 e. The molecule has 1 aromatic rings. The minimum atomic E-state index is -1.44. The minimum absolute atomic E-state index is 0.254. The van der Waals surface area contributed by atoms with Gasteiger partial charge in [0.05, 0.1) is 44.4 Å². The summed E-state index contributed by atoms with van der Waals surface area (Å²) in [5.74, 6) is -4.28. The van der Waals surface area contributed by atoms with Gasteiger partial charge < -0.3 is 53.3 Å². The van der Waals surface area contributed by atoms with Gasteiger partial charge in [-0.3, -0.25) is 28.8 Å². The molecule has 0 fully saturated rings. The van der Waals surface area contributed by atoms with Gasteiger partial charge in [0.1, 0.15) is 12.3 Å². The van der Waals surface area contributed by atoms with E-state index in [9.17, 15) is 38.7 Å². The van der Waals surface area contributed by atoms with Crippen LogP contribution >= 0.6 is 0 Å². The van der Waals surface area contributed by atoms with E-state index >= 15 is 0 Å². The molecule has 0 bridgehead atoms. The topological polar surface area (TPSA) is 264 Å². The van der Waals surface area contributed by atoms with E-state index in [2.05, 4.69) is 31.9 Å². The Hall–Kier alpha value is -4.41. The smallest absolute Gasteiger partial charge is 0.245 e. The quantitative estimate of drug-likeness (QED) is 0.0509. The Morgan fingerprint density at radius 1 is 0.791 bits per heavy atom. The van der Waals surface area contributed by atoms with Crippen LogP contribution < -0.4 is 43.4 Å². The van der Waals surface area contributed by atoms with E-state index < -0.39 is 85.9 Å². The highest BCUT2D eigenvalue weighted by Gasteiger charge is 2.26. The van der Waals surface area contributed by atoms with Gasteiger partial charge in [-0.2, -0.15) is 0 Å². The summed E-state index contributed by atoms with van der Waals surface area (Å²) in [7, 11) is 0. The predicted octanol–water partition coefficient (Wildman–Crippen LogP) is -4.30. The highest BCUT2D eigenvalue weighted by atomic mass is 16.3. The van der Waals surface area contributed by atoms with Gasteiger partial charge in [-0.25, -0.2) is 0 Å². The molecule has 6 amide bonds. The monoisotopic (exact) mass is 606 g/mol. The maximum absolute atomic E-state index is 12.5. The number of aliphatic hydroxyl groups is 1. The van der Waals surface area contributed by atoms with Crippen LogP contribution in [-0.2, 0) is 40.0 Å². The van der Waals surface area contributed by atoms with Gasteiger partial charge in [0.2, 0.25) is 35.4 Å². The van der Waals surface area contributed by atoms with Crippen LogP contribution in [0.1, 0.15) is 31.7 Å². The standard InChI is InChI=1S/C27H42N8O8/c1-17(37)25(35-24(41)15-32-26(42)20(29)11-18-7-3-2-4-8-18)27(43)33-13-22(39)30-12-21(38)31-14-23(40)34-19(16-36)9-5-6-10-28/h2-4,7-8,16-17,19-20,25,37H,5-6,9-15,28-29H2,1H3,(H,30,39)(H,31,38)(H,32,42)(H,33,43)(H,34,40)(H,35,41)/t17-,19+,20+,25+/m1/s1. The van der Waals surface area contributed by atoms with Crippen LogP contribution in [0, 0.1) is 0 Å². The van der Waals surface area contributed by atoms with Crippen molar-refractivity contribution in [1.29, 1.82) is 0 Å². The number of aliphatic hydroxyl groups excluding tert-OH is 1. The lowest BCUT2D eigenvalue weighted by Crippen LogP contribution is -2.56. The molecule has 0 aliphatic carbocycles. The summed E-state index contributed by atoms with van der Waals surface area (Å²) >= 11 is 0. The first kappa shape index (κ1) is 36.6. The molecule has 0 saturated heterocycles. The summed E-state index contributed by atoms with van der Waals surface area (Å²) in [6, 6.07) is 6.00. The van der Waals surface area contributed by atoms with Crippen LogP contribution in [0.4, 0.5) is 0 Å². The Kier molecular flexibility index (Phi) is 17.4. The van der Waals surface area contributed by atoms with E-state index in [1.54, 1.807) is 24.3 Å². The van der Waals surface area contributed by atoms with Gasteiger partial charge >= 0.3 is 0 Å². The molecule has 1 aromatic carbocycles. The molecule has 0 unspecified atom stereocenters. The fourth-order valence-corrected chi connectivity index (χ4v) is 3.59. The van der Waals surface area contributed by atoms with Crippen molar-refractivity contribution in [2.24, 2.45) is 11.5 Å². The molecule has 0 aliphatic rings. The predicted molar refractivity (Wildman–Crippen MR) is 155 cm³/mol. The number of carbonyl (C=O) groups is 7. The maximum atomic E-state index is 12.5. The zero-order valence-corrected chi connectivity index (χ0v) is 24.1. The lowest BCUT2D eigenvalue weighted by Gasteiger charge is -2.21. The number of unbranched alkanes of at least 4 members (excludes halogenated alkanes) is 1. The van der Waals surface area contributed by atoms with E-state index in [1.807, 2.05) is 6.07 Å². The summed E-state index contributed by atoms with van der Waals surface area (Å²) in [6.45, 7) is -0.289. The van der Waals surface area contributed by atoms with Crippen molar-refractivity contribution in [1.82, 2.24) is 31.9 Å². The van der Waals surface area contributed by atoms with Crippen molar-refractivity contribution in [3.63, 3.8) is 0 Å². The van der Waals surface area contributed by atoms with Crippen molar-refractivity contribution in [2.75, 3.05) is 32.7 Å². The summed E-state index contributed by atoms with van der Waals surface area (Å²) in [4.78, 5) is 83.9. The zero-order valence-electron chi connectivity index (χ0n) is 24.1. The van der Waals surface area contributed by atoms with Crippen LogP contribution in [0.25, 0.3) is 0 Å². The minimum Gasteiger partial charge on any atom is -0.391 e. The molecule has 0 aromatic heterocycles. The SMILES string of the molecule is C[C@@H](O)[C@H](NC(=O)CNC(=O)[C@@H](N)Cc1ccccc1)C(=O)NCC(=O)NCC(=O)NCC(=O)N[C@H](C=O)CCCCN. The molecule has 0 spiro atoms. The van der Waals surface area contributed by atoms with E-state index in [1.165, 1.54) is 6.92 Å².